The number of carbonyl (C=O) groups excluding carboxylic acids is 1. The van der Waals surface area contributed by atoms with Crippen LogP contribution in [0.4, 0.5) is 13.2 Å². The number of hydrogen-bond donors (Lipinski definition) is 1. The number of aromatic nitrogens is 1. The maximum Gasteiger partial charge on any atom is 0.416 e. The van der Waals surface area contributed by atoms with Gasteiger partial charge in [0.15, 0.2) is 12.4 Å². The lowest BCUT2D eigenvalue weighted by Crippen LogP contribution is -2.14. The lowest BCUT2D eigenvalue weighted by atomic mass is 10.1. The Morgan fingerprint density at radius 1 is 1.18 bits per heavy atom. The molecule has 0 fully saturated rings. The standard InChI is InChI=1S/C23H22F3NO5S/c1-3-30-21(29)12-31-20-9-8-17(10-14(20)2)33-13-19-18(11-28)22(32-27-19)15-4-6-16(7-5-15)23(24,25)26/h4-10,28H,3,11-13H2,1-2H3. The van der Waals surface area contributed by atoms with E-state index < -0.39 is 17.7 Å². The quantitative estimate of drug-likeness (QED) is 0.324. The largest absolute Gasteiger partial charge is 0.482 e. The number of esters is 1. The van der Waals surface area contributed by atoms with Crippen LogP contribution in [0.3, 0.4) is 0 Å². The van der Waals surface area contributed by atoms with Crippen LogP contribution in [-0.4, -0.2) is 29.4 Å². The molecule has 2 aromatic carbocycles. The van der Waals surface area contributed by atoms with Gasteiger partial charge in [0.25, 0.3) is 0 Å². The summed E-state index contributed by atoms with van der Waals surface area (Å²) in [5.41, 5.74) is 1.38. The third-order valence-corrected chi connectivity index (χ3v) is 5.68. The average molecular weight is 481 g/mol. The molecule has 0 atom stereocenters. The second-order valence-corrected chi connectivity index (χ2v) is 8.03. The van der Waals surface area contributed by atoms with E-state index in [2.05, 4.69) is 5.16 Å². The normalized spacial score (nSPS) is 11.5. The van der Waals surface area contributed by atoms with Crippen molar-refractivity contribution in [3.8, 4) is 17.1 Å². The number of aliphatic hydroxyl groups excluding tert-OH is 1. The van der Waals surface area contributed by atoms with Gasteiger partial charge >= 0.3 is 12.1 Å². The number of halogens is 3. The fraction of sp³-hybridized carbons (Fsp3) is 0.304. The number of thioether (sulfide) groups is 1. The van der Waals surface area contributed by atoms with Crippen LogP contribution in [0.25, 0.3) is 11.3 Å². The second-order valence-electron chi connectivity index (χ2n) is 6.98. The van der Waals surface area contributed by atoms with Crippen molar-refractivity contribution in [3.05, 3.63) is 64.8 Å². The number of ether oxygens (including phenoxy) is 2. The average Bonchev–Trinajstić information content (AvgIpc) is 3.19. The highest BCUT2D eigenvalue weighted by molar-refractivity contribution is 7.98. The molecule has 0 aliphatic heterocycles. The number of alkyl halides is 3. The van der Waals surface area contributed by atoms with Gasteiger partial charge in [0.1, 0.15) is 5.75 Å². The lowest BCUT2D eigenvalue weighted by Gasteiger charge is -2.10. The highest BCUT2D eigenvalue weighted by Crippen LogP contribution is 2.34. The predicted molar refractivity (Wildman–Crippen MR) is 116 cm³/mol. The Bertz CT molecular complexity index is 1100. The van der Waals surface area contributed by atoms with E-state index in [1.165, 1.54) is 23.9 Å². The maximum absolute atomic E-state index is 12.8. The minimum Gasteiger partial charge on any atom is -0.482 e. The molecule has 0 amide bonds. The van der Waals surface area contributed by atoms with E-state index in [0.717, 1.165) is 22.6 Å². The molecule has 0 bridgehead atoms. The third-order valence-electron chi connectivity index (χ3n) is 4.67. The van der Waals surface area contributed by atoms with Gasteiger partial charge in [0, 0.05) is 21.8 Å². The summed E-state index contributed by atoms with van der Waals surface area (Å²) in [6.45, 7) is 3.32. The van der Waals surface area contributed by atoms with Gasteiger partial charge in [0.2, 0.25) is 0 Å². The van der Waals surface area contributed by atoms with Crippen molar-refractivity contribution < 1.29 is 37.1 Å². The van der Waals surface area contributed by atoms with E-state index in [4.69, 9.17) is 14.0 Å². The van der Waals surface area contributed by atoms with Gasteiger partial charge in [-0.1, -0.05) is 17.3 Å². The van der Waals surface area contributed by atoms with Gasteiger partial charge in [-0.2, -0.15) is 13.2 Å². The first-order chi connectivity index (χ1) is 15.7. The van der Waals surface area contributed by atoms with Crippen molar-refractivity contribution in [1.82, 2.24) is 5.16 Å². The molecule has 0 aliphatic carbocycles. The molecular weight excluding hydrogens is 459 g/mol. The summed E-state index contributed by atoms with van der Waals surface area (Å²) in [5, 5.41) is 13.8. The van der Waals surface area contributed by atoms with Crippen LogP contribution in [0.15, 0.2) is 51.9 Å². The molecule has 0 saturated heterocycles. The Kier molecular flexibility index (Phi) is 8.04. The van der Waals surface area contributed by atoms with E-state index in [-0.39, 0.29) is 25.6 Å². The van der Waals surface area contributed by atoms with E-state index >= 15 is 0 Å². The van der Waals surface area contributed by atoms with Crippen molar-refractivity contribution >= 4 is 17.7 Å². The van der Waals surface area contributed by atoms with E-state index in [1.54, 1.807) is 13.0 Å². The Morgan fingerprint density at radius 2 is 1.91 bits per heavy atom. The van der Waals surface area contributed by atoms with Crippen LogP contribution in [-0.2, 0) is 28.1 Å². The van der Waals surface area contributed by atoms with E-state index in [1.807, 2.05) is 19.1 Å². The fourth-order valence-corrected chi connectivity index (χ4v) is 3.98. The van der Waals surface area contributed by atoms with E-state index in [9.17, 15) is 23.1 Å². The number of hydrogen-bond acceptors (Lipinski definition) is 7. The number of aryl methyl sites for hydroxylation is 1. The monoisotopic (exact) mass is 481 g/mol. The van der Waals surface area contributed by atoms with Gasteiger partial charge in [0.05, 0.1) is 24.5 Å². The molecule has 3 aromatic rings. The topological polar surface area (TPSA) is 81.8 Å². The summed E-state index contributed by atoms with van der Waals surface area (Å²) < 4.78 is 54.0. The van der Waals surface area contributed by atoms with Crippen LogP contribution < -0.4 is 4.74 Å². The number of carbonyl (C=O) groups is 1. The fourth-order valence-electron chi connectivity index (χ4n) is 3.02. The molecular formula is C23H22F3NO5S. The molecule has 1 heterocycles. The number of rotatable bonds is 9. The van der Waals surface area contributed by atoms with Crippen molar-refractivity contribution in [2.24, 2.45) is 0 Å². The van der Waals surface area contributed by atoms with Crippen LogP contribution in [0.5, 0.6) is 5.75 Å². The van der Waals surface area contributed by atoms with Crippen LogP contribution in [0.1, 0.15) is 29.3 Å². The molecule has 1 N–H and O–H groups in total. The third kappa shape index (κ3) is 6.29. The highest BCUT2D eigenvalue weighted by atomic mass is 32.2. The van der Waals surface area contributed by atoms with Crippen molar-refractivity contribution in [3.63, 3.8) is 0 Å². The first kappa shape index (κ1) is 24.7. The molecule has 6 nitrogen and oxygen atoms in total. The number of aliphatic hydroxyl groups is 1. The van der Waals surface area contributed by atoms with Crippen molar-refractivity contribution in [2.75, 3.05) is 13.2 Å². The number of benzene rings is 2. The van der Waals surface area contributed by atoms with Gasteiger partial charge < -0.3 is 19.1 Å². The molecule has 0 spiro atoms. The van der Waals surface area contributed by atoms with Crippen molar-refractivity contribution in [2.45, 2.75) is 37.3 Å². The molecule has 1 aromatic heterocycles. The summed E-state index contributed by atoms with van der Waals surface area (Å²) >= 11 is 1.44. The van der Waals surface area contributed by atoms with Crippen LogP contribution in [0, 0.1) is 6.92 Å². The summed E-state index contributed by atoms with van der Waals surface area (Å²) in [6.07, 6.45) is -4.43. The zero-order valence-corrected chi connectivity index (χ0v) is 18.8. The van der Waals surface area contributed by atoms with Gasteiger partial charge in [-0.25, -0.2) is 4.79 Å². The molecule has 0 unspecified atom stereocenters. The van der Waals surface area contributed by atoms with Crippen LogP contribution in [0.2, 0.25) is 0 Å². The molecule has 0 saturated carbocycles. The first-order valence-electron chi connectivity index (χ1n) is 10.0. The molecule has 0 radical (unpaired) electrons. The summed E-state index contributed by atoms with van der Waals surface area (Å²) in [5.74, 6) is 0.736. The second kappa shape index (κ2) is 10.8. The van der Waals surface area contributed by atoms with Gasteiger partial charge in [-0.15, -0.1) is 11.8 Å². The molecule has 10 heteroatoms. The lowest BCUT2D eigenvalue weighted by molar-refractivity contribution is -0.145. The summed E-state index contributed by atoms with van der Waals surface area (Å²) in [6, 6.07) is 9.97. The predicted octanol–water partition coefficient (Wildman–Crippen LogP) is 5.40. The van der Waals surface area contributed by atoms with Crippen molar-refractivity contribution in [1.29, 1.82) is 0 Å². The molecule has 176 valence electrons. The van der Waals surface area contributed by atoms with Gasteiger partial charge in [-0.3, -0.25) is 0 Å². The highest BCUT2D eigenvalue weighted by Gasteiger charge is 2.30. The minimum atomic E-state index is -4.43. The smallest absolute Gasteiger partial charge is 0.416 e. The van der Waals surface area contributed by atoms with Crippen LogP contribution >= 0.6 is 11.8 Å². The Hall–Kier alpha value is -2.98. The van der Waals surface area contributed by atoms with E-state index in [0.29, 0.717) is 28.3 Å². The zero-order chi connectivity index (χ0) is 24.0. The maximum atomic E-state index is 12.8. The Balaban J connectivity index is 1.68. The molecule has 3 rings (SSSR count). The summed E-state index contributed by atoms with van der Waals surface area (Å²) in [7, 11) is 0. The SMILES string of the molecule is CCOC(=O)COc1ccc(SCc2noc(-c3ccc(C(F)(F)F)cc3)c2CO)cc1C. The first-order valence-corrected chi connectivity index (χ1v) is 11.0. The van der Waals surface area contributed by atoms with Gasteiger partial charge in [-0.05, 0) is 49.7 Å². The molecule has 33 heavy (non-hydrogen) atoms. The Morgan fingerprint density at radius 3 is 2.52 bits per heavy atom. The number of nitrogens with zero attached hydrogens (tertiary/aromatic N) is 1. The summed E-state index contributed by atoms with van der Waals surface area (Å²) in [4.78, 5) is 12.3. The minimum absolute atomic E-state index is 0.174. The Labute approximate surface area is 192 Å². The molecule has 0 aliphatic rings. The zero-order valence-electron chi connectivity index (χ0n) is 17.9.